The Bertz CT molecular complexity index is 1230. The second-order valence-electron chi connectivity index (χ2n) is 7.94. The van der Waals surface area contributed by atoms with Crippen molar-refractivity contribution in [2.24, 2.45) is 0 Å². The fourth-order valence-electron chi connectivity index (χ4n) is 4.38. The first kappa shape index (κ1) is 19.9. The fraction of sp³-hybridized carbons (Fsp3) is 0.160. The standard InChI is InChI=1S/C25H20FN3O3/c26-18-8-4-7-17(13-18)23(30)28-21-11-12-29-22(21)24(31)27-20-10-9-16(14-19(20)25(29)32)15-5-2-1-3-6-15/h1-10,13-14,21-22H,11-12H2,(H,27,31)(H,28,30)/t21-,22-/m0/s1. The van der Waals surface area contributed by atoms with Gasteiger partial charge in [0, 0.05) is 12.1 Å². The van der Waals surface area contributed by atoms with Gasteiger partial charge >= 0.3 is 0 Å². The van der Waals surface area contributed by atoms with Crippen LogP contribution in [-0.4, -0.2) is 41.2 Å². The SMILES string of the molecule is O=C(N[C@H]1CCN2C(=O)c3cc(-c4ccccc4)ccc3NC(=O)[C@H]12)c1cccc(F)c1. The number of hydrogen-bond acceptors (Lipinski definition) is 3. The highest BCUT2D eigenvalue weighted by Crippen LogP contribution is 2.32. The van der Waals surface area contributed by atoms with Gasteiger partial charge in [0.1, 0.15) is 11.9 Å². The van der Waals surface area contributed by atoms with Crippen molar-refractivity contribution in [3.8, 4) is 11.1 Å². The van der Waals surface area contributed by atoms with Crippen molar-refractivity contribution in [1.29, 1.82) is 0 Å². The van der Waals surface area contributed by atoms with Gasteiger partial charge in [-0.25, -0.2) is 4.39 Å². The van der Waals surface area contributed by atoms with Crippen LogP contribution in [0.15, 0.2) is 72.8 Å². The number of rotatable bonds is 3. The van der Waals surface area contributed by atoms with Gasteiger partial charge in [-0.1, -0.05) is 42.5 Å². The molecule has 2 aliphatic rings. The van der Waals surface area contributed by atoms with Crippen molar-refractivity contribution in [3.63, 3.8) is 0 Å². The minimum absolute atomic E-state index is 0.166. The van der Waals surface area contributed by atoms with E-state index in [2.05, 4.69) is 10.6 Å². The van der Waals surface area contributed by atoms with E-state index in [1.165, 1.54) is 23.1 Å². The van der Waals surface area contributed by atoms with E-state index in [0.717, 1.165) is 17.2 Å². The first-order valence-electron chi connectivity index (χ1n) is 10.4. The smallest absolute Gasteiger partial charge is 0.256 e. The zero-order valence-electron chi connectivity index (χ0n) is 17.0. The topological polar surface area (TPSA) is 78.5 Å². The predicted molar refractivity (Wildman–Crippen MR) is 118 cm³/mol. The summed E-state index contributed by atoms with van der Waals surface area (Å²) in [6.07, 6.45) is 0.429. The summed E-state index contributed by atoms with van der Waals surface area (Å²) >= 11 is 0. The van der Waals surface area contributed by atoms with Gasteiger partial charge in [-0.2, -0.15) is 0 Å². The molecule has 1 fully saturated rings. The van der Waals surface area contributed by atoms with Crippen LogP contribution in [0.1, 0.15) is 27.1 Å². The van der Waals surface area contributed by atoms with E-state index in [1.807, 2.05) is 36.4 Å². The van der Waals surface area contributed by atoms with Crippen LogP contribution >= 0.6 is 0 Å². The second kappa shape index (κ2) is 7.92. The molecule has 0 bridgehead atoms. The molecular weight excluding hydrogens is 409 g/mol. The zero-order chi connectivity index (χ0) is 22.2. The molecule has 2 heterocycles. The van der Waals surface area contributed by atoms with E-state index in [-0.39, 0.29) is 17.4 Å². The Morgan fingerprint density at radius 1 is 0.969 bits per heavy atom. The Balaban J connectivity index is 1.42. The lowest BCUT2D eigenvalue weighted by Gasteiger charge is -2.25. The van der Waals surface area contributed by atoms with Crippen LogP contribution in [0.5, 0.6) is 0 Å². The number of fused-ring (bicyclic) bond motifs is 2. The molecule has 3 aromatic carbocycles. The molecule has 6 nitrogen and oxygen atoms in total. The Hall–Kier alpha value is -4.00. The normalized spacial score (nSPS) is 19.6. The van der Waals surface area contributed by atoms with Crippen LogP contribution in [0.2, 0.25) is 0 Å². The second-order valence-corrected chi connectivity index (χ2v) is 7.94. The average Bonchev–Trinajstić information content (AvgIpc) is 3.18. The molecule has 32 heavy (non-hydrogen) atoms. The molecule has 0 aromatic heterocycles. The van der Waals surface area contributed by atoms with Crippen molar-refractivity contribution in [3.05, 3.63) is 89.7 Å². The first-order chi connectivity index (χ1) is 15.5. The van der Waals surface area contributed by atoms with Crippen molar-refractivity contribution in [2.75, 3.05) is 11.9 Å². The Labute approximate surface area is 184 Å². The van der Waals surface area contributed by atoms with E-state index in [4.69, 9.17) is 0 Å². The van der Waals surface area contributed by atoms with Crippen LogP contribution in [-0.2, 0) is 4.79 Å². The molecule has 2 atom stereocenters. The van der Waals surface area contributed by atoms with Gasteiger partial charge < -0.3 is 15.5 Å². The van der Waals surface area contributed by atoms with Gasteiger partial charge in [0.2, 0.25) is 5.91 Å². The Morgan fingerprint density at radius 2 is 1.78 bits per heavy atom. The average molecular weight is 429 g/mol. The summed E-state index contributed by atoms with van der Waals surface area (Å²) in [7, 11) is 0. The molecule has 160 valence electrons. The number of amides is 3. The van der Waals surface area contributed by atoms with Crippen molar-refractivity contribution >= 4 is 23.4 Å². The van der Waals surface area contributed by atoms with Gasteiger partial charge in [-0.3, -0.25) is 14.4 Å². The fourth-order valence-corrected chi connectivity index (χ4v) is 4.38. The lowest BCUT2D eigenvalue weighted by atomic mass is 10.0. The van der Waals surface area contributed by atoms with Gasteiger partial charge in [0.25, 0.3) is 11.8 Å². The van der Waals surface area contributed by atoms with Crippen molar-refractivity contribution in [1.82, 2.24) is 10.2 Å². The van der Waals surface area contributed by atoms with Gasteiger partial charge in [-0.15, -0.1) is 0 Å². The molecule has 0 spiro atoms. The minimum atomic E-state index is -0.840. The zero-order valence-corrected chi connectivity index (χ0v) is 17.0. The number of anilines is 1. The highest BCUT2D eigenvalue weighted by Gasteiger charge is 2.45. The Morgan fingerprint density at radius 3 is 2.56 bits per heavy atom. The molecule has 3 aromatic rings. The third-order valence-corrected chi connectivity index (χ3v) is 5.95. The number of carbonyl (C=O) groups is 3. The van der Waals surface area contributed by atoms with Gasteiger partial charge in [-0.05, 0) is 47.9 Å². The molecule has 2 aliphatic heterocycles. The van der Waals surface area contributed by atoms with E-state index in [9.17, 15) is 18.8 Å². The molecule has 7 heteroatoms. The summed E-state index contributed by atoms with van der Waals surface area (Å²) in [6, 6.07) is 19.0. The van der Waals surface area contributed by atoms with Crippen LogP contribution < -0.4 is 10.6 Å². The molecular formula is C25H20FN3O3. The molecule has 0 aliphatic carbocycles. The molecule has 2 N–H and O–H groups in total. The molecule has 0 radical (unpaired) electrons. The maximum Gasteiger partial charge on any atom is 0.256 e. The molecule has 0 unspecified atom stereocenters. The quantitative estimate of drug-likeness (QED) is 0.669. The van der Waals surface area contributed by atoms with Gasteiger partial charge in [0.15, 0.2) is 0 Å². The van der Waals surface area contributed by atoms with E-state index < -0.39 is 23.8 Å². The largest absolute Gasteiger partial charge is 0.347 e. The summed E-state index contributed by atoms with van der Waals surface area (Å²) in [6.45, 7) is 0.333. The lowest BCUT2D eigenvalue weighted by Crippen LogP contribution is -2.51. The van der Waals surface area contributed by atoms with E-state index in [0.29, 0.717) is 24.2 Å². The predicted octanol–water partition coefficient (Wildman–Crippen LogP) is 3.46. The van der Waals surface area contributed by atoms with Crippen LogP contribution in [0, 0.1) is 5.82 Å². The summed E-state index contributed by atoms with van der Waals surface area (Å²) in [5.74, 6) is -1.61. The summed E-state index contributed by atoms with van der Waals surface area (Å²) in [5.41, 5.74) is 2.88. The third-order valence-electron chi connectivity index (χ3n) is 5.95. The Kier molecular flexibility index (Phi) is 4.93. The number of nitrogens with one attached hydrogen (secondary N) is 2. The maximum atomic E-state index is 13.5. The number of benzene rings is 3. The van der Waals surface area contributed by atoms with Gasteiger partial charge in [0.05, 0.1) is 17.3 Å². The van der Waals surface area contributed by atoms with Crippen LogP contribution in [0.25, 0.3) is 11.1 Å². The van der Waals surface area contributed by atoms with Crippen LogP contribution in [0.3, 0.4) is 0 Å². The highest BCUT2D eigenvalue weighted by molar-refractivity contribution is 6.11. The number of nitrogens with zero attached hydrogens (tertiary/aromatic N) is 1. The molecule has 1 saturated heterocycles. The van der Waals surface area contributed by atoms with Crippen LogP contribution in [0.4, 0.5) is 10.1 Å². The highest BCUT2D eigenvalue weighted by atomic mass is 19.1. The summed E-state index contributed by atoms with van der Waals surface area (Å²) in [4.78, 5) is 40.5. The number of halogens is 1. The third kappa shape index (κ3) is 3.51. The lowest BCUT2D eigenvalue weighted by molar-refractivity contribution is -0.120. The molecule has 5 rings (SSSR count). The summed E-state index contributed by atoms with van der Waals surface area (Å²) in [5, 5.41) is 5.65. The minimum Gasteiger partial charge on any atom is -0.347 e. The first-order valence-corrected chi connectivity index (χ1v) is 10.4. The van der Waals surface area contributed by atoms with E-state index >= 15 is 0 Å². The monoisotopic (exact) mass is 429 g/mol. The maximum absolute atomic E-state index is 13.5. The van der Waals surface area contributed by atoms with Crippen molar-refractivity contribution < 1.29 is 18.8 Å². The molecule has 3 amide bonds. The number of carbonyl (C=O) groups excluding carboxylic acids is 3. The van der Waals surface area contributed by atoms with Crippen molar-refractivity contribution in [2.45, 2.75) is 18.5 Å². The van der Waals surface area contributed by atoms with E-state index in [1.54, 1.807) is 12.1 Å². The summed E-state index contributed by atoms with van der Waals surface area (Å²) < 4.78 is 13.5. The number of hydrogen-bond donors (Lipinski definition) is 2. The molecule has 0 saturated carbocycles.